The second kappa shape index (κ2) is 5.00. The van der Waals surface area contributed by atoms with Crippen molar-refractivity contribution in [2.24, 2.45) is 11.1 Å². The molecule has 0 saturated heterocycles. The van der Waals surface area contributed by atoms with Gasteiger partial charge in [0.15, 0.2) is 0 Å². The Kier molecular flexibility index (Phi) is 3.62. The van der Waals surface area contributed by atoms with E-state index in [2.05, 4.69) is 29.1 Å². The topological polar surface area (TPSA) is 63.8 Å². The fourth-order valence-electron chi connectivity index (χ4n) is 2.06. The first kappa shape index (κ1) is 12.3. The first-order valence-corrected chi connectivity index (χ1v) is 6.41. The Balaban J connectivity index is 1.93. The molecule has 94 valence electrons. The molecule has 3 N–H and O–H groups in total. The highest BCUT2D eigenvalue weighted by Gasteiger charge is 2.41. The smallest absolute Gasteiger partial charge is 0.129 e. The van der Waals surface area contributed by atoms with Crippen LogP contribution >= 0.6 is 0 Å². The molecule has 0 amide bonds. The fourth-order valence-corrected chi connectivity index (χ4v) is 2.06. The average molecular weight is 234 g/mol. The SMILES string of the molecule is CC(C)c1cc(NCC2(CCN)CC2)ncn1. The van der Waals surface area contributed by atoms with E-state index in [4.69, 9.17) is 5.73 Å². The first-order valence-electron chi connectivity index (χ1n) is 6.41. The summed E-state index contributed by atoms with van der Waals surface area (Å²) < 4.78 is 0. The van der Waals surface area contributed by atoms with Gasteiger partial charge in [-0.1, -0.05) is 13.8 Å². The normalized spacial score (nSPS) is 17.2. The molecule has 17 heavy (non-hydrogen) atoms. The summed E-state index contributed by atoms with van der Waals surface area (Å²) in [7, 11) is 0. The van der Waals surface area contributed by atoms with Gasteiger partial charge in [0.05, 0.1) is 0 Å². The van der Waals surface area contributed by atoms with Crippen LogP contribution in [-0.2, 0) is 0 Å². The van der Waals surface area contributed by atoms with Crippen molar-refractivity contribution in [1.29, 1.82) is 0 Å². The molecule has 0 aliphatic heterocycles. The van der Waals surface area contributed by atoms with Gasteiger partial charge in [-0.15, -0.1) is 0 Å². The van der Waals surface area contributed by atoms with Gasteiger partial charge in [0.25, 0.3) is 0 Å². The summed E-state index contributed by atoms with van der Waals surface area (Å²) in [5, 5.41) is 3.42. The molecule has 1 heterocycles. The fraction of sp³-hybridized carbons (Fsp3) is 0.692. The Morgan fingerprint density at radius 1 is 1.41 bits per heavy atom. The van der Waals surface area contributed by atoms with Crippen molar-refractivity contribution in [2.45, 2.75) is 39.0 Å². The lowest BCUT2D eigenvalue weighted by Crippen LogP contribution is -2.19. The molecular formula is C13H22N4. The molecule has 1 aromatic rings. The summed E-state index contributed by atoms with van der Waals surface area (Å²) in [6.07, 6.45) is 5.33. The van der Waals surface area contributed by atoms with Crippen molar-refractivity contribution in [2.75, 3.05) is 18.4 Å². The third-order valence-corrected chi connectivity index (χ3v) is 3.56. The Hall–Kier alpha value is -1.16. The van der Waals surface area contributed by atoms with Crippen LogP contribution in [0.15, 0.2) is 12.4 Å². The van der Waals surface area contributed by atoms with E-state index in [0.29, 0.717) is 11.3 Å². The maximum absolute atomic E-state index is 5.63. The molecule has 1 aliphatic rings. The predicted octanol–water partition coefficient (Wildman–Crippen LogP) is 2.14. The van der Waals surface area contributed by atoms with Crippen LogP contribution in [0.1, 0.15) is 44.7 Å². The number of hydrogen-bond acceptors (Lipinski definition) is 4. The summed E-state index contributed by atoms with van der Waals surface area (Å²) in [4.78, 5) is 8.52. The average Bonchev–Trinajstić information content (AvgIpc) is 3.08. The third kappa shape index (κ3) is 3.16. The minimum absolute atomic E-state index is 0.442. The first-order chi connectivity index (χ1) is 8.15. The number of nitrogens with two attached hydrogens (primary N) is 1. The summed E-state index contributed by atoms with van der Waals surface area (Å²) >= 11 is 0. The largest absolute Gasteiger partial charge is 0.369 e. The molecule has 4 nitrogen and oxygen atoms in total. The van der Waals surface area contributed by atoms with Crippen LogP contribution in [0.4, 0.5) is 5.82 Å². The lowest BCUT2D eigenvalue weighted by molar-refractivity contribution is 0.500. The lowest BCUT2D eigenvalue weighted by Gasteiger charge is -2.15. The zero-order valence-electron chi connectivity index (χ0n) is 10.7. The summed E-state index contributed by atoms with van der Waals surface area (Å²) in [6.45, 7) is 6.05. The van der Waals surface area contributed by atoms with Gasteiger partial charge in [0.1, 0.15) is 12.1 Å². The van der Waals surface area contributed by atoms with E-state index in [0.717, 1.165) is 31.0 Å². The zero-order valence-corrected chi connectivity index (χ0v) is 10.7. The molecule has 4 heteroatoms. The molecule has 0 bridgehead atoms. The van der Waals surface area contributed by atoms with Crippen LogP contribution < -0.4 is 11.1 Å². The van der Waals surface area contributed by atoms with E-state index in [1.807, 2.05) is 6.07 Å². The molecule has 1 saturated carbocycles. The maximum Gasteiger partial charge on any atom is 0.129 e. The number of nitrogens with zero attached hydrogens (tertiary/aromatic N) is 2. The number of rotatable bonds is 6. The van der Waals surface area contributed by atoms with E-state index < -0.39 is 0 Å². The van der Waals surface area contributed by atoms with Crippen molar-refractivity contribution in [3.05, 3.63) is 18.1 Å². The highest BCUT2D eigenvalue weighted by Crippen LogP contribution is 2.48. The van der Waals surface area contributed by atoms with Crippen molar-refractivity contribution in [3.8, 4) is 0 Å². The van der Waals surface area contributed by atoms with Gasteiger partial charge in [-0.3, -0.25) is 0 Å². The molecule has 0 atom stereocenters. The minimum Gasteiger partial charge on any atom is -0.369 e. The monoisotopic (exact) mass is 234 g/mol. The lowest BCUT2D eigenvalue weighted by atomic mass is 10.0. The van der Waals surface area contributed by atoms with E-state index in [9.17, 15) is 0 Å². The Bertz CT molecular complexity index is 371. The van der Waals surface area contributed by atoms with E-state index >= 15 is 0 Å². The van der Waals surface area contributed by atoms with Gasteiger partial charge >= 0.3 is 0 Å². The summed E-state index contributed by atoms with van der Waals surface area (Å²) in [6, 6.07) is 2.04. The Morgan fingerprint density at radius 2 is 2.18 bits per heavy atom. The van der Waals surface area contributed by atoms with Gasteiger partial charge in [-0.2, -0.15) is 0 Å². The Labute approximate surface area is 103 Å². The van der Waals surface area contributed by atoms with Crippen molar-refractivity contribution in [1.82, 2.24) is 9.97 Å². The van der Waals surface area contributed by atoms with Crippen LogP contribution in [0.25, 0.3) is 0 Å². The molecule has 0 radical (unpaired) electrons. The standard InChI is InChI=1S/C13H22N4/c1-10(2)11-7-12(17-9-16-11)15-8-13(3-4-13)5-6-14/h7,9-10H,3-6,8,14H2,1-2H3,(H,15,16,17). The number of nitrogens with one attached hydrogen (secondary N) is 1. The van der Waals surface area contributed by atoms with Crippen molar-refractivity contribution in [3.63, 3.8) is 0 Å². The van der Waals surface area contributed by atoms with Gasteiger partial charge < -0.3 is 11.1 Å². The molecule has 1 aromatic heterocycles. The molecule has 1 aliphatic carbocycles. The minimum atomic E-state index is 0.442. The maximum atomic E-state index is 5.63. The third-order valence-electron chi connectivity index (χ3n) is 3.56. The molecule has 2 rings (SSSR count). The second-order valence-corrected chi connectivity index (χ2v) is 5.38. The number of hydrogen-bond donors (Lipinski definition) is 2. The van der Waals surface area contributed by atoms with Crippen LogP contribution in [0, 0.1) is 5.41 Å². The van der Waals surface area contributed by atoms with Crippen LogP contribution in [0.5, 0.6) is 0 Å². The van der Waals surface area contributed by atoms with E-state index in [1.165, 1.54) is 12.8 Å². The molecule has 1 fully saturated rings. The van der Waals surface area contributed by atoms with Gasteiger partial charge in [-0.25, -0.2) is 9.97 Å². The van der Waals surface area contributed by atoms with Crippen molar-refractivity contribution >= 4 is 5.82 Å². The summed E-state index contributed by atoms with van der Waals surface area (Å²) in [5.74, 6) is 1.38. The van der Waals surface area contributed by atoms with E-state index in [-0.39, 0.29) is 0 Å². The zero-order chi connectivity index (χ0) is 12.3. The van der Waals surface area contributed by atoms with Gasteiger partial charge in [0.2, 0.25) is 0 Å². The molecular weight excluding hydrogens is 212 g/mol. The van der Waals surface area contributed by atoms with E-state index in [1.54, 1.807) is 6.33 Å². The molecule has 0 spiro atoms. The summed E-state index contributed by atoms with van der Waals surface area (Å²) in [5.41, 5.74) is 7.17. The van der Waals surface area contributed by atoms with Gasteiger partial charge in [-0.05, 0) is 37.1 Å². The van der Waals surface area contributed by atoms with Crippen LogP contribution in [0.3, 0.4) is 0 Å². The molecule has 0 aromatic carbocycles. The molecule has 0 unspecified atom stereocenters. The van der Waals surface area contributed by atoms with Crippen LogP contribution in [0.2, 0.25) is 0 Å². The van der Waals surface area contributed by atoms with Crippen molar-refractivity contribution < 1.29 is 0 Å². The van der Waals surface area contributed by atoms with Gasteiger partial charge in [0, 0.05) is 18.3 Å². The quantitative estimate of drug-likeness (QED) is 0.791. The highest BCUT2D eigenvalue weighted by atomic mass is 15.0. The number of aromatic nitrogens is 2. The highest BCUT2D eigenvalue weighted by molar-refractivity contribution is 5.36. The Morgan fingerprint density at radius 3 is 2.76 bits per heavy atom. The predicted molar refractivity (Wildman–Crippen MR) is 69.9 cm³/mol. The number of anilines is 1. The second-order valence-electron chi connectivity index (χ2n) is 5.38. The van der Waals surface area contributed by atoms with Crippen LogP contribution in [-0.4, -0.2) is 23.1 Å².